The molecule has 1 aliphatic carbocycles. The van der Waals surface area contributed by atoms with E-state index in [9.17, 15) is 0 Å². The van der Waals surface area contributed by atoms with Crippen LogP contribution in [0.2, 0.25) is 0 Å². The summed E-state index contributed by atoms with van der Waals surface area (Å²) in [5.41, 5.74) is 0.679. The smallest absolute Gasteiger partial charge is 0.000829 e. The van der Waals surface area contributed by atoms with Crippen LogP contribution in [-0.4, -0.2) is 13.1 Å². The highest BCUT2D eigenvalue weighted by atomic mass is 14.9. The molecule has 1 unspecified atom stereocenters. The second-order valence-corrected chi connectivity index (χ2v) is 4.21. The average Bonchev–Trinajstić information content (AvgIpc) is 2.09. The zero-order chi connectivity index (χ0) is 7.03. The molecule has 2 fully saturated rings. The zero-order valence-electron chi connectivity index (χ0n) is 6.82. The molecular weight excluding hydrogens is 122 g/mol. The minimum atomic E-state index is 0.679. The van der Waals surface area contributed by atoms with E-state index in [-0.39, 0.29) is 0 Å². The van der Waals surface area contributed by atoms with Crippen molar-refractivity contribution < 1.29 is 0 Å². The van der Waals surface area contributed by atoms with Gasteiger partial charge in [-0.15, -0.1) is 0 Å². The van der Waals surface area contributed by atoms with Crippen LogP contribution in [0.15, 0.2) is 0 Å². The van der Waals surface area contributed by atoms with Crippen LogP contribution < -0.4 is 5.32 Å². The van der Waals surface area contributed by atoms with E-state index in [4.69, 9.17) is 0 Å². The first-order valence-electron chi connectivity index (χ1n) is 4.52. The van der Waals surface area contributed by atoms with E-state index in [0.29, 0.717) is 5.41 Å². The lowest BCUT2D eigenvalue weighted by Crippen LogP contribution is -2.34. The number of hydrogen-bond donors (Lipinski definition) is 1. The molecule has 0 aromatic carbocycles. The molecular formula is C9H17N. The van der Waals surface area contributed by atoms with Crippen molar-refractivity contribution in [2.24, 2.45) is 11.3 Å². The van der Waals surface area contributed by atoms with Crippen molar-refractivity contribution in [2.45, 2.75) is 32.6 Å². The summed E-state index contributed by atoms with van der Waals surface area (Å²) in [4.78, 5) is 0. The fourth-order valence-electron chi connectivity index (χ4n) is 2.29. The minimum Gasteiger partial charge on any atom is -0.316 e. The summed E-state index contributed by atoms with van der Waals surface area (Å²) in [5.74, 6) is 1.06. The van der Waals surface area contributed by atoms with Crippen LogP contribution in [0.3, 0.4) is 0 Å². The van der Waals surface area contributed by atoms with Crippen molar-refractivity contribution in [2.75, 3.05) is 13.1 Å². The van der Waals surface area contributed by atoms with Gasteiger partial charge in [0.2, 0.25) is 0 Å². The molecule has 1 atom stereocenters. The molecule has 0 aromatic heterocycles. The number of nitrogens with one attached hydrogen (secondary N) is 1. The molecule has 0 radical (unpaired) electrons. The van der Waals surface area contributed by atoms with Crippen molar-refractivity contribution >= 4 is 0 Å². The molecule has 58 valence electrons. The van der Waals surface area contributed by atoms with E-state index >= 15 is 0 Å². The highest BCUT2D eigenvalue weighted by Crippen LogP contribution is 2.45. The largest absolute Gasteiger partial charge is 0.316 e. The highest BCUT2D eigenvalue weighted by molar-refractivity contribution is 4.92. The fourth-order valence-corrected chi connectivity index (χ4v) is 2.29. The first kappa shape index (κ1) is 6.66. The van der Waals surface area contributed by atoms with Crippen LogP contribution in [0.1, 0.15) is 32.6 Å². The topological polar surface area (TPSA) is 12.0 Å². The van der Waals surface area contributed by atoms with Crippen molar-refractivity contribution in [1.82, 2.24) is 5.32 Å². The summed E-state index contributed by atoms with van der Waals surface area (Å²) >= 11 is 0. The summed E-state index contributed by atoms with van der Waals surface area (Å²) in [6.07, 6.45) is 5.90. The second-order valence-electron chi connectivity index (χ2n) is 4.21. The lowest BCUT2D eigenvalue weighted by Gasteiger charge is -2.39. The quantitative estimate of drug-likeness (QED) is 0.584. The molecule has 1 heterocycles. The molecule has 10 heavy (non-hydrogen) atoms. The molecule has 1 aliphatic heterocycles. The van der Waals surface area contributed by atoms with Gasteiger partial charge in [0.25, 0.3) is 0 Å². The summed E-state index contributed by atoms with van der Waals surface area (Å²) in [5, 5.41) is 3.46. The van der Waals surface area contributed by atoms with Crippen molar-refractivity contribution in [3.63, 3.8) is 0 Å². The van der Waals surface area contributed by atoms with Crippen LogP contribution in [-0.2, 0) is 0 Å². The highest BCUT2D eigenvalue weighted by Gasteiger charge is 2.39. The number of rotatable bonds is 1. The summed E-state index contributed by atoms with van der Waals surface area (Å²) in [6, 6.07) is 0. The van der Waals surface area contributed by atoms with Crippen LogP contribution in [0.5, 0.6) is 0 Å². The molecule has 0 amide bonds. The van der Waals surface area contributed by atoms with Gasteiger partial charge in [-0.05, 0) is 37.1 Å². The Labute approximate surface area is 63.2 Å². The van der Waals surface area contributed by atoms with Crippen LogP contribution in [0.25, 0.3) is 0 Å². The molecule has 1 saturated heterocycles. The van der Waals surface area contributed by atoms with Gasteiger partial charge >= 0.3 is 0 Å². The SMILES string of the molecule is CC1(C2CCC2)CCNC1. The minimum absolute atomic E-state index is 0.679. The van der Waals surface area contributed by atoms with E-state index in [1.807, 2.05) is 0 Å². The van der Waals surface area contributed by atoms with Gasteiger partial charge in [0.1, 0.15) is 0 Å². The van der Waals surface area contributed by atoms with Gasteiger partial charge in [-0.25, -0.2) is 0 Å². The molecule has 2 rings (SSSR count). The Hall–Kier alpha value is -0.0400. The third-order valence-corrected chi connectivity index (χ3v) is 3.49. The molecule has 1 nitrogen and oxygen atoms in total. The van der Waals surface area contributed by atoms with E-state index in [1.165, 1.54) is 38.8 Å². The molecule has 0 spiro atoms. The average molecular weight is 139 g/mol. The number of hydrogen-bond acceptors (Lipinski definition) is 1. The lowest BCUT2D eigenvalue weighted by atomic mass is 9.66. The van der Waals surface area contributed by atoms with Crippen LogP contribution >= 0.6 is 0 Å². The monoisotopic (exact) mass is 139 g/mol. The first-order valence-corrected chi connectivity index (χ1v) is 4.52. The molecule has 0 bridgehead atoms. The Morgan fingerprint density at radius 1 is 1.40 bits per heavy atom. The van der Waals surface area contributed by atoms with E-state index < -0.39 is 0 Å². The van der Waals surface area contributed by atoms with Crippen LogP contribution in [0.4, 0.5) is 0 Å². The van der Waals surface area contributed by atoms with Gasteiger partial charge < -0.3 is 5.32 Å². The summed E-state index contributed by atoms with van der Waals surface area (Å²) < 4.78 is 0. The van der Waals surface area contributed by atoms with Gasteiger partial charge in [0.05, 0.1) is 0 Å². The van der Waals surface area contributed by atoms with E-state index in [0.717, 1.165) is 5.92 Å². The van der Waals surface area contributed by atoms with Gasteiger partial charge in [0, 0.05) is 6.54 Å². The first-order chi connectivity index (χ1) is 4.81. The summed E-state index contributed by atoms with van der Waals surface area (Å²) in [6.45, 7) is 4.99. The van der Waals surface area contributed by atoms with Crippen LogP contribution in [0, 0.1) is 11.3 Å². The van der Waals surface area contributed by atoms with Gasteiger partial charge in [-0.1, -0.05) is 13.3 Å². The molecule has 1 saturated carbocycles. The van der Waals surface area contributed by atoms with Crippen molar-refractivity contribution in [3.05, 3.63) is 0 Å². The Kier molecular flexibility index (Phi) is 1.48. The van der Waals surface area contributed by atoms with Crippen molar-refractivity contribution in [1.29, 1.82) is 0 Å². The Morgan fingerprint density at radius 3 is 2.60 bits per heavy atom. The maximum atomic E-state index is 3.46. The molecule has 1 heteroatoms. The normalized spacial score (nSPS) is 41.7. The fraction of sp³-hybridized carbons (Fsp3) is 1.00. The van der Waals surface area contributed by atoms with Gasteiger partial charge in [-0.3, -0.25) is 0 Å². The maximum Gasteiger partial charge on any atom is 0.000829 e. The Morgan fingerprint density at radius 2 is 2.20 bits per heavy atom. The van der Waals surface area contributed by atoms with Crippen molar-refractivity contribution in [3.8, 4) is 0 Å². The molecule has 0 aromatic rings. The van der Waals surface area contributed by atoms with Gasteiger partial charge in [-0.2, -0.15) is 0 Å². The standard InChI is InChI=1S/C9H17N/c1-9(5-6-10-7-9)8-3-2-4-8/h8,10H,2-7H2,1H3. The zero-order valence-corrected chi connectivity index (χ0v) is 6.82. The third kappa shape index (κ3) is 0.878. The Balaban J connectivity index is 1.98. The second kappa shape index (κ2) is 2.23. The molecule has 1 N–H and O–H groups in total. The van der Waals surface area contributed by atoms with Gasteiger partial charge in [0.15, 0.2) is 0 Å². The third-order valence-electron chi connectivity index (χ3n) is 3.49. The maximum absolute atomic E-state index is 3.46. The predicted molar refractivity (Wildman–Crippen MR) is 42.9 cm³/mol. The summed E-state index contributed by atoms with van der Waals surface area (Å²) in [7, 11) is 0. The van der Waals surface area contributed by atoms with E-state index in [1.54, 1.807) is 0 Å². The predicted octanol–water partition coefficient (Wildman–Crippen LogP) is 1.79. The molecule has 2 aliphatic rings. The Bertz CT molecular complexity index is 121. The lowest BCUT2D eigenvalue weighted by molar-refractivity contribution is 0.122. The van der Waals surface area contributed by atoms with E-state index in [2.05, 4.69) is 12.2 Å².